The van der Waals surface area contributed by atoms with Gasteiger partial charge in [-0.05, 0) is 81.3 Å². The zero-order valence-corrected chi connectivity index (χ0v) is 33.8. The minimum absolute atomic E-state index is 0.333. The van der Waals surface area contributed by atoms with Crippen LogP contribution in [0.5, 0.6) is 0 Å². The summed E-state index contributed by atoms with van der Waals surface area (Å²) in [4.78, 5) is 0. The molecule has 260 valence electrons. The Labute approximate surface area is 281 Å². The molecular formula is C32H62B2N4O6Si2. The van der Waals surface area contributed by atoms with Gasteiger partial charge in [0.2, 0.25) is 0 Å². The van der Waals surface area contributed by atoms with Crippen LogP contribution in [0.25, 0.3) is 0 Å². The van der Waals surface area contributed by atoms with Crippen LogP contribution in [0.15, 0.2) is 12.4 Å². The average molecular weight is 677 g/mol. The second-order valence-electron chi connectivity index (χ2n) is 17.3. The molecule has 0 radical (unpaired) electrons. The van der Waals surface area contributed by atoms with Gasteiger partial charge in [0.05, 0.1) is 28.1 Å². The molecule has 14 heteroatoms. The summed E-state index contributed by atoms with van der Waals surface area (Å²) in [5, 5.41) is 8.96. The summed E-state index contributed by atoms with van der Waals surface area (Å²) in [6.45, 7) is 37.2. The standard InChI is InChI=1S/2C16H31BN2O3Si/c1-13-14(17-21-15(2,3)16(4,5)22-17)11-19(18-13)12-20-9-10-23(6,7)8;1-13-14(17-21-15(2,3)16(4,5)22-17)11-18-19(13)12-20-9-10-23(6,7)8/h2*11H,9-10,12H2,1-8H3. The van der Waals surface area contributed by atoms with Gasteiger partial charge in [-0.1, -0.05) is 39.3 Å². The minimum Gasteiger partial charge on any atom is -0.399 e. The maximum atomic E-state index is 6.10. The van der Waals surface area contributed by atoms with E-state index in [1.165, 1.54) is 0 Å². The number of rotatable bonds is 12. The van der Waals surface area contributed by atoms with E-state index < -0.39 is 16.1 Å². The summed E-state index contributed by atoms with van der Waals surface area (Å²) in [5.74, 6) is 0. The van der Waals surface area contributed by atoms with Crippen LogP contribution in [0.2, 0.25) is 51.4 Å². The van der Waals surface area contributed by atoms with Gasteiger partial charge in [0.15, 0.2) is 0 Å². The van der Waals surface area contributed by atoms with Crippen LogP contribution in [0, 0.1) is 13.8 Å². The van der Waals surface area contributed by atoms with E-state index in [4.69, 9.17) is 28.1 Å². The molecule has 2 fully saturated rings. The fourth-order valence-corrected chi connectivity index (χ4v) is 6.17. The molecule has 0 aromatic carbocycles. The highest BCUT2D eigenvalue weighted by Crippen LogP contribution is 2.37. The molecule has 4 rings (SSSR count). The van der Waals surface area contributed by atoms with Crippen molar-refractivity contribution in [3.63, 3.8) is 0 Å². The Hall–Kier alpha value is -1.26. The van der Waals surface area contributed by atoms with Gasteiger partial charge in [-0.3, -0.25) is 0 Å². The zero-order chi connectivity index (χ0) is 34.9. The van der Waals surface area contributed by atoms with Crippen LogP contribution in [0.4, 0.5) is 0 Å². The highest BCUT2D eigenvalue weighted by Gasteiger charge is 2.53. The van der Waals surface area contributed by atoms with Crippen molar-refractivity contribution in [3.05, 3.63) is 23.8 Å². The number of hydrogen-bond donors (Lipinski definition) is 0. The van der Waals surface area contributed by atoms with Gasteiger partial charge in [-0.15, -0.1) is 0 Å². The van der Waals surface area contributed by atoms with Crippen LogP contribution in [0.1, 0.15) is 66.8 Å². The van der Waals surface area contributed by atoms with Gasteiger partial charge >= 0.3 is 14.2 Å². The first kappa shape index (κ1) is 39.2. The third-order valence-electron chi connectivity index (χ3n) is 9.57. The molecule has 0 unspecified atom stereocenters. The molecule has 0 saturated carbocycles. The zero-order valence-electron chi connectivity index (χ0n) is 31.8. The molecular weight excluding hydrogens is 614 g/mol. The summed E-state index contributed by atoms with van der Waals surface area (Å²) in [5.41, 5.74) is 2.60. The van der Waals surface area contributed by atoms with Crippen molar-refractivity contribution in [3.8, 4) is 0 Å². The Bertz CT molecular complexity index is 1230. The molecule has 2 aliphatic heterocycles. The lowest BCUT2D eigenvalue weighted by molar-refractivity contribution is 0.00578. The Morgan fingerprint density at radius 1 is 0.674 bits per heavy atom. The molecule has 0 N–H and O–H groups in total. The second kappa shape index (κ2) is 14.3. The SMILES string of the molecule is Cc1c(B2OC(C)(C)C(C)(C)O2)cnn1COCC[Si](C)(C)C.Cc1nn(COCC[Si](C)(C)C)cc1B1OC(C)(C)C(C)(C)O1. The normalized spacial score (nSPS) is 20.3. The number of aryl methyl sites for hydroxylation is 1. The lowest BCUT2D eigenvalue weighted by Crippen LogP contribution is -2.41. The van der Waals surface area contributed by atoms with Crippen molar-refractivity contribution in [2.45, 2.75) is 156 Å². The Morgan fingerprint density at radius 2 is 1.09 bits per heavy atom. The molecule has 2 saturated heterocycles. The van der Waals surface area contributed by atoms with Gasteiger partial charge in [0.25, 0.3) is 0 Å². The first-order chi connectivity index (χ1) is 20.8. The maximum absolute atomic E-state index is 6.10. The van der Waals surface area contributed by atoms with Gasteiger partial charge in [-0.25, -0.2) is 9.36 Å². The number of aromatic nitrogens is 4. The Balaban J connectivity index is 0.000000250. The fourth-order valence-electron chi connectivity index (χ4n) is 4.66. The predicted molar refractivity (Wildman–Crippen MR) is 194 cm³/mol. The minimum atomic E-state index is -1.05. The molecule has 2 aromatic rings. The molecule has 2 aromatic heterocycles. The molecule has 0 spiro atoms. The third kappa shape index (κ3) is 10.1. The van der Waals surface area contributed by atoms with Gasteiger partial charge in [0.1, 0.15) is 13.5 Å². The molecule has 4 heterocycles. The molecule has 0 amide bonds. The first-order valence-corrected chi connectivity index (χ1v) is 24.2. The monoisotopic (exact) mass is 676 g/mol. The van der Waals surface area contributed by atoms with E-state index in [1.807, 2.05) is 35.6 Å². The predicted octanol–water partition coefficient (Wildman–Crippen LogP) is 5.61. The van der Waals surface area contributed by atoms with E-state index in [9.17, 15) is 0 Å². The van der Waals surface area contributed by atoms with E-state index in [0.29, 0.717) is 13.5 Å². The van der Waals surface area contributed by atoms with E-state index in [-0.39, 0.29) is 36.6 Å². The smallest absolute Gasteiger partial charge is 0.399 e. The van der Waals surface area contributed by atoms with Crippen molar-refractivity contribution in [2.75, 3.05) is 13.2 Å². The van der Waals surface area contributed by atoms with E-state index in [1.54, 1.807) is 0 Å². The molecule has 46 heavy (non-hydrogen) atoms. The molecule has 0 bridgehead atoms. The first-order valence-electron chi connectivity index (χ1n) is 16.8. The van der Waals surface area contributed by atoms with Gasteiger partial charge < -0.3 is 28.1 Å². The van der Waals surface area contributed by atoms with Crippen LogP contribution in [-0.4, -0.2) is 85.6 Å². The highest BCUT2D eigenvalue weighted by atomic mass is 28.3. The maximum Gasteiger partial charge on any atom is 0.498 e. The molecule has 2 aliphatic rings. The van der Waals surface area contributed by atoms with Crippen LogP contribution in [0.3, 0.4) is 0 Å². The van der Waals surface area contributed by atoms with E-state index in [0.717, 1.165) is 47.6 Å². The largest absolute Gasteiger partial charge is 0.498 e. The van der Waals surface area contributed by atoms with Crippen molar-refractivity contribution < 1.29 is 28.1 Å². The number of nitrogens with zero attached hydrogens (tertiary/aromatic N) is 4. The topological polar surface area (TPSA) is 91.0 Å². The number of ether oxygens (including phenoxy) is 2. The summed E-state index contributed by atoms with van der Waals surface area (Å²) < 4.78 is 39.7. The number of hydrogen-bond acceptors (Lipinski definition) is 8. The summed E-state index contributed by atoms with van der Waals surface area (Å²) in [6, 6.07) is 2.33. The molecule has 10 nitrogen and oxygen atoms in total. The van der Waals surface area contributed by atoms with Gasteiger partial charge in [0, 0.05) is 58.4 Å². The molecule has 0 aliphatic carbocycles. The van der Waals surface area contributed by atoms with Crippen LogP contribution >= 0.6 is 0 Å². The average Bonchev–Trinajstić information content (AvgIpc) is 3.55. The summed E-state index contributed by atoms with van der Waals surface area (Å²) in [7, 11) is -2.83. The van der Waals surface area contributed by atoms with E-state index >= 15 is 0 Å². The molecule has 0 atom stereocenters. The summed E-state index contributed by atoms with van der Waals surface area (Å²) >= 11 is 0. The van der Waals surface area contributed by atoms with Crippen molar-refractivity contribution >= 4 is 41.3 Å². The summed E-state index contributed by atoms with van der Waals surface area (Å²) in [6.07, 6.45) is 3.81. The fraction of sp³-hybridized carbons (Fsp3) is 0.812. The van der Waals surface area contributed by atoms with Crippen LogP contribution in [-0.2, 0) is 41.6 Å². The van der Waals surface area contributed by atoms with E-state index in [2.05, 4.69) is 105 Å². The Kier molecular flexibility index (Phi) is 12.2. The van der Waals surface area contributed by atoms with Crippen molar-refractivity contribution in [1.29, 1.82) is 0 Å². The van der Waals surface area contributed by atoms with Crippen LogP contribution < -0.4 is 10.9 Å². The second-order valence-corrected chi connectivity index (χ2v) is 28.5. The van der Waals surface area contributed by atoms with Gasteiger partial charge in [-0.2, -0.15) is 10.2 Å². The van der Waals surface area contributed by atoms with Crippen molar-refractivity contribution in [2.24, 2.45) is 0 Å². The third-order valence-corrected chi connectivity index (χ3v) is 13.0. The quantitative estimate of drug-likeness (QED) is 0.212. The van der Waals surface area contributed by atoms with Crippen molar-refractivity contribution in [1.82, 2.24) is 19.6 Å². The Morgan fingerprint density at radius 3 is 1.52 bits per heavy atom. The highest BCUT2D eigenvalue weighted by molar-refractivity contribution is 6.76. The lowest BCUT2D eigenvalue weighted by atomic mass is 9.79. The lowest BCUT2D eigenvalue weighted by Gasteiger charge is -2.32.